The van der Waals surface area contributed by atoms with Gasteiger partial charge in [-0.25, -0.2) is 0 Å². The van der Waals surface area contributed by atoms with E-state index in [1.807, 2.05) is 61.2 Å². The molecule has 0 unspecified atom stereocenters. The zero-order valence-electron chi connectivity index (χ0n) is 27.4. The maximum absolute atomic E-state index is 4.88. The van der Waals surface area contributed by atoms with Crippen molar-refractivity contribution in [1.82, 2.24) is 9.97 Å². The normalized spacial score (nSPS) is 11.9. The topological polar surface area (TPSA) is 50.5 Å². The molecular weight excluding hydrogens is 654 g/mol. The Balaban J connectivity index is 0.00000288. The third kappa shape index (κ3) is 9.18. The van der Waals surface area contributed by atoms with E-state index in [0.29, 0.717) is 18.8 Å². The molecule has 5 rings (SSSR count). The first-order valence-electron chi connectivity index (χ1n) is 15.5. The third-order valence-corrected chi connectivity index (χ3v) is 8.12. The molecule has 0 bridgehead atoms. The molecule has 46 heavy (non-hydrogen) atoms. The molecule has 6 heteroatoms. The molecule has 242 valence electrons. The van der Waals surface area contributed by atoms with Crippen LogP contribution in [-0.4, -0.2) is 22.4 Å². The summed E-state index contributed by atoms with van der Waals surface area (Å²) in [7, 11) is 0. The Hall–Kier alpha value is -3.71. The Morgan fingerprint density at radius 1 is 0.543 bits per heavy atom. The van der Waals surface area contributed by atoms with Crippen molar-refractivity contribution < 1.29 is 33.0 Å². The van der Waals surface area contributed by atoms with Gasteiger partial charge in [0.25, 0.3) is 0 Å². The van der Waals surface area contributed by atoms with Gasteiger partial charge in [0.2, 0.25) is 0 Å². The summed E-state index contributed by atoms with van der Waals surface area (Å²) in [6.07, 6.45) is 9.02. The van der Waals surface area contributed by atoms with Crippen molar-refractivity contribution in [2.45, 2.75) is 66.2 Å². The summed E-state index contributed by atoms with van der Waals surface area (Å²) in [5, 5.41) is 0. The Morgan fingerprint density at radius 2 is 0.935 bits per heavy atom. The van der Waals surface area contributed by atoms with Crippen LogP contribution in [0.25, 0.3) is 0 Å². The predicted molar refractivity (Wildman–Crippen MR) is 185 cm³/mol. The number of aromatic nitrogens is 2. The largest absolute Gasteiger partial charge is 0.261 e. The van der Waals surface area contributed by atoms with Crippen molar-refractivity contribution in [2.24, 2.45) is 9.98 Å². The van der Waals surface area contributed by atoms with Gasteiger partial charge in [-0.2, -0.15) is 0 Å². The van der Waals surface area contributed by atoms with Crippen molar-refractivity contribution in [3.8, 4) is 0 Å². The van der Waals surface area contributed by atoms with Crippen LogP contribution in [-0.2, 0) is 45.8 Å². The van der Waals surface area contributed by atoms with E-state index < -0.39 is 0 Å². The van der Waals surface area contributed by atoms with E-state index in [-0.39, 0.29) is 38.9 Å². The summed E-state index contributed by atoms with van der Waals surface area (Å²) in [4.78, 5) is 18.6. The van der Waals surface area contributed by atoms with Crippen LogP contribution in [0.2, 0.25) is 0 Å². The molecule has 2 heterocycles. The molecule has 2 aromatic heterocycles. The number of benzene rings is 3. The minimum Gasteiger partial charge on any atom is -0.261 e. The molecule has 3 aromatic carbocycles. The van der Waals surface area contributed by atoms with Gasteiger partial charge in [-0.3, -0.25) is 20.0 Å². The van der Waals surface area contributed by atoms with Crippen molar-refractivity contribution in [3.63, 3.8) is 0 Å². The smallest absolute Gasteiger partial charge is 0.0684 e. The van der Waals surface area contributed by atoms with Gasteiger partial charge in [-0.1, -0.05) is 74.5 Å². The second-order valence-electron chi connectivity index (χ2n) is 11.9. The first-order valence-corrected chi connectivity index (χ1v) is 15.5. The Labute approximate surface area is 294 Å². The monoisotopic (exact) mass is 694 g/mol. The fourth-order valence-corrected chi connectivity index (χ4v) is 5.87. The van der Waals surface area contributed by atoms with Crippen LogP contribution < -0.4 is 0 Å². The van der Waals surface area contributed by atoms with E-state index in [0.717, 1.165) is 22.8 Å². The summed E-state index contributed by atoms with van der Waals surface area (Å²) in [6, 6.07) is 30.4. The van der Waals surface area contributed by atoms with Crippen molar-refractivity contribution in [2.75, 3.05) is 0 Å². The van der Waals surface area contributed by atoms with Gasteiger partial charge in [0.1, 0.15) is 0 Å². The van der Waals surface area contributed by atoms with E-state index >= 15 is 0 Å². The fraction of sp³-hybridized carbons (Fsp3) is 0.250. The van der Waals surface area contributed by atoms with Crippen molar-refractivity contribution in [1.29, 1.82) is 0 Å². The van der Waals surface area contributed by atoms with Gasteiger partial charge >= 0.3 is 0 Å². The average molecular weight is 696 g/mol. The third-order valence-electron chi connectivity index (χ3n) is 8.12. The minimum absolute atomic E-state index is 0. The molecule has 0 aliphatic heterocycles. The van der Waals surface area contributed by atoms with Gasteiger partial charge in [0, 0.05) is 88.0 Å². The van der Waals surface area contributed by atoms with Crippen molar-refractivity contribution in [3.05, 3.63) is 153 Å². The summed E-state index contributed by atoms with van der Waals surface area (Å²) < 4.78 is 0. The molecule has 0 spiro atoms. The summed E-state index contributed by atoms with van der Waals surface area (Å²) in [5.41, 5.74) is 14.0. The summed E-state index contributed by atoms with van der Waals surface area (Å²) in [6.45, 7) is 13.1. The first kappa shape index (κ1) is 36.8. The summed E-state index contributed by atoms with van der Waals surface area (Å²) >= 11 is 0. The van der Waals surface area contributed by atoms with Crippen LogP contribution in [0, 0.1) is 27.7 Å². The molecule has 4 nitrogen and oxygen atoms in total. The van der Waals surface area contributed by atoms with E-state index in [2.05, 4.69) is 100 Å². The molecule has 0 saturated heterocycles. The first-order chi connectivity index (χ1) is 21.3. The molecule has 0 amide bonds. The number of rotatable bonds is 10. The van der Waals surface area contributed by atoms with Crippen LogP contribution in [0.4, 0.5) is 11.4 Å². The standard InChI is InChI=1S/C40H42N4.2Ni/c1-27(2)32-13-15-33(16-14-32)38(34-23-28(3)39(29(4)24-34)43-21-17-36-11-7-9-19-41-36)35-25-30(5)40(31(6)26-35)44-22-18-37-12-8-10-20-42-37;;/h7-16,19-27,38H,17-18H2,1-6H3;;. The molecule has 0 saturated carbocycles. The molecule has 0 radical (unpaired) electrons. The SMILES string of the molecule is Cc1cc(C(c2ccc(C(C)C)cc2)c2cc(C)c(N=CCc3ccccn3)c(C)c2)cc(C)c1N=CCc1ccccn1.[Ni].[Ni]. The average Bonchev–Trinajstić information content (AvgIpc) is 3.01. The number of nitrogens with zero attached hydrogens (tertiary/aromatic N) is 4. The number of hydrogen-bond acceptors (Lipinski definition) is 4. The molecule has 0 aliphatic rings. The van der Waals surface area contributed by atoms with Gasteiger partial charge in [0.05, 0.1) is 11.4 Å². The molecule has 0 aliphatic carbocycles. The molecule has 0 N–H and O–H groups in total. The minimum atomic E-state index is 0. The number of hydrogen-bond donors (Lipinski definition) is 0. The molecule has 5 aromatic rings. The Morgan fingerprint density at radius 3 is 1.28 bits per heavy atom. The molecular formula is C40H42N4Ni2. The molecule has 0 atom stereocenters. The van der Waals surface area contributed by atoms with E-state index in [9.17, 15) is 0 Å². The number of pyridine rings is 2. The number of aryl methyl sites for hydroxylation is 4. The van der Waals surface area contributed by atoms with Gasteiger partial charge in [-0.05, 0) is 102 Å². The van der Waals surface area contributed by atoms with Gasteiger partial charge < -0.3 is 0 Å². The second-order valence-corrected chi connectivity index (χ2v) is 11.9. The zero-order chi connectivity index (χ0) is 31.1. The summed E-state index contributed by atoms with van der Waals surface area (Å²) in [5.74, 6) is 0.576. The zero-order valence-corrected chi connectivity index (χ0v) is 29.4. The predicted octanol–water partition coefficient (Wildman–Crippen LogP) is 9.90. The van der Waals surface area contributed by atoms with E-state index in [1.165, 1.54) is 44.5 Å². The van der Waals surface area contributed by atoms with E-state index in [1.54, 1.807) is 0 Å². The van der Waals surface area contributed by atoms with Crippen LogP contribution in [0.1, 0.15) is 81.6 Å². The quantitative estimate of drug-likeness (QED) is 0.0830. The number of aliphatic imine (C=N–C) groups is 2. The Bertz CT molecular complexity index is 1610. The van der Waals surface area contributed by atoms with Crippen LogP contribution in [0.15, 0.2) is 107 Å². The maximum Gasteiger partial charge on any atom is 0.0684 e. The van der Waals surface area contributed by atoms with Crippen molar-refractivity contribution >= 4 is 23.8 Å². The van der Waals surface area contributed by atoms with Gasteiger partial charge in [0.15, 0.2) is 0 Å². The van der Waals surface area contributed by atoms with E-state index in [4.69, 9.17) is 9.98 Å². The van der Waals surface area contributed by atoms with Crippen LogP contribution in [0.3, 0.4) is 0 Å². The van der Waals surface area contributed by atoms with Crippen LogP contribution >= 0.6 is 0 Å². The van der Waals surface area contributed by atoms with Gasteiger partial charge in [-0.15, -0.1) is 0 Å². The fourth-order valence-electron chi connectivity index (χ4n) is 5.87. The Kier molecular flexibility index (Phi) is 13.8. The molecule has 0 fully saturated rings. The van der Waals surface area contributed by atoms with Crippen LogP contribution in [0.5, 0.6) is 0 Å². The second kappa shape index (κ2) is 17.3. The maximum atomic E-state index is 4.88.